The highest BCUT2D eigenvalue weighted by atomic mass is 15.3. The second-order valence-electron chi connectivity index (χ2n) is 6.15. The summed E-state index contributed by atoms with van der Waals surface area (Å²) in [4.78, 5) is 8.56. The summed E-state index contributed by atoms with van der Waals surface area (Å²) in [5, 5.41) is 3.49. The number of hydrogen-bond acceptors (Lipinski definition) is 5. The van der Waals surface area contributed by atoms with E-state index in [1.54, 1.807) is 6.33 Å². The number of aromatic nitrogens is 2. The first-order valence-electron chi connectivity index (χ1n) is 7.53. The Morgan fingerprint density at radius 1 is 1.05 bits per heavy atom. The Hall–Kier alpha value is -1.36. The number of rotatable bonds is 8. The lowest BCUT2D eigenvalue weighted by Crippen LogP contribution is -2.20. The van der Waals surface area contributed by atoms with E-state index in [2.05, 4.69) is 55.3 Å². The SMILES string of the molecule is CC(C)CCCC(C)Nc1ncnc(NN)c1C(C)C. The number of nitrogen functional groups attached to an aromatic ring is 1. The fourth-order valence-electron chi connectivity index (χ4n) is 2.31. The molecule has 0 radical (unpaired) electrons. The molecule has 1 heterocycles. The Morgan fingerprint density at radius 2 is 1.70 bits per heavy atom. The summed E-state index contributed by atoms with van der Waals surface area (Å²) in [6.45, 7) is 11.0. The first kappa shape index (κ1) is 16.7. The number of nitrogens with two attached hydrogens (primary N) is 1. The molecule has 1 rings (SSSR count). The van der Waals surface area contributed by atoms with Crippen LogP contribution in [0.4, 0.5) is 11.6 Å². The minimum Gasteiger partial charge on any atom is -0.367 e. The van der Waals surface area contributed by atoms with Gasteiger partial charge in [0.25, 0.3) is 0 Å². The summed E-state index contributed by atoms with van der Waals surface area (Å²) >= 11 is 0. The second-order valence-corrected chi connectivity index (χ2v) is 6.15. The van der Waals surface area contributed by atoms with Crippen LogP contribution in [0.3, 0.4) is 0 Å². The molecule has 0 aliphatic heterocycles. The standard InChI is InChI=1S/C15H29N5/c1-10(2)7-6-8-12(5)19-14-13(11(3)4)15(20-16)18-9-17-14/h9-12H,6-8,16H2,1-5H3,(H2,17,18,19,20). The average molecular weight is 279 g/mol. The van der Waals surface area contributed by atoms with Crippen LogP contribution in [0.5, 0.6) is 0 Å². The van der Waals surface area contributed by atoms with Crippen molar-refractivity contribution in [3.8, 4) is 0 Å². The molecule has 1 aromatic heterocycles. The highest BCUT2D eigenvalue weighted by Crippen LogP contribution is 2.28. The molecule has 114 valence electrons. The fraction of sp³-hybridized carbons (Fsp3) is 0.733. The number of hydrogen-bond donors (Lipinski definition) is 3. The van der Waals surface area contributed by atoms with Crippen molar-refractivity contribution in [1.29, 1.82) is 0 Å². The molecule has 4 N–H and O–H groups in total. The van der Waals surface area contributed by atoms with Gasteiger partial charge in [-0.05, 0) is 25.2 Å². The minimum absolute atomic E-state index is 0.313. The molecule has 0 saturated carbocycles. The molecule has 1 aromatic rings. The maximum Gasteiger partial charge on any atom is 0.148 e. The Balaban J connectivity index is 2.71. The zero-order chi connectivity index (χ0) is 15.1. The molecule has 0 amide bonds. The fourth-order valence-corrected chi connectivity index (χ4v) is 2.31. The topological polar surface area (TPSA) is 75.9 Å². The Labute approximate surface area is 122 Å². The third-order valence-electron chi connectivity index (χ3n) is 3.40. The van der Waals surface area contributed by atoms with Gasteiger partial charge in [0, 0.05) is 11.6 Å². The van der Waals surface area contributed by atoms with Crippen molar-refractivity contribution in [3.63, 3.8) is 0 Å². The van der Waals surface area contributed by atoms with Crippen molar-refractivity contribution in [1.82, 2.24) is 9.97 Å². The Morgan fingerprint density at radius 3 is 2.25 bits per heavy atom. The van der Waals surface area contributed by atoms with Crippen LogP contribution in [-0.4, -0.2) is 16.0 Å². The second kappa shape index (κ2) is 8.04. The van der Waals surface area contributed by atoms with E-state index in [0.29, 0.717) is 17.8 Å². The molecule has 0 fully saturated rings. The monoisotopic (exact) mass is 279 g/mol. The maximum absolute atomic E-state index is 5.53. The number of anilines is 2. The summed E-state index contributed by atoms with van der Waals surface area (Å²) in [5.74, 6) is 8.20. The van der Waals surface area contributed by atoms with Crippen LogP contribution in [0.1, 0.15) is 65.4 Å². The summed E-state index contributed by atoms with van der Waals surface area (Å²) in [6, 6.07) is 0.395. The zero-order valence-electron chi connectivity index (χ0n) is 13.4. The van der Waals surface area contributed by atoms with E-state index in [-0.39, 0.29) is 0 Å². The molecule has 20 heavy (non-hydrogen) atoms. The predicted octanol–water partition coefficient (Wildman–Crippen LogP) is 3.51. The molecule has 0 aromatic carbocycles. The highest BCUT2D eigenvalue weighted by Gasteiger charge is 2.15. The number of hydrazine groups is 1. The quantitative estimate of drug-likeness (QED) is 0.501. The van der Waals surface area contributed by atoms with Gasteiger partial charge in [0.15, 0.2) is 0 Å². The van der Waals surface area contributed by atoms with E-state index in [1.807, 2.05) is 0 Å². The summed E-state index contributed by atoms with van der Waals surface area (Å²) in [7, 11) is 0. The van der Waals surface area contributed by atoms with Crippen molar-refractivity contribution in [2.45, 2.75) is 65.8 Å². The van der Waals surface area contributed by atoms with Crippen LogP contribution in [-0.2, 0) is 0 Å². The van der Waals surface area contributed by atoms with Crippen LogP contribution in [0.25, 0.3) is 0 Å². The van der Waals surface area contributed by atoms with Gasteiger partial charge in [0.1, 0.15) is 18.0 Å². The summed E-state index contributed by atoms with van der Waals surface area (Å²) < 4.78 is 0. The minimum atomic E-state index is 0.313. The van der Waals surface area contributed by atoms with E-state index in [1.165, 1.54) is 12.8 Å². The van der Waals surface area contributed by atoms with Crippen LogP contribution in [0.2, 0.25) is 0 Å². The molecule has 0 saturated heterocycles. The van der Waals surface area contributed by atoms with Gasteiger partial charge in [-0.3, -0.25) is 0 Å². The largest absolute Gasteiger partial charge is 0.367 e. The lowest BCUT2D eigenvalue weighted by atomic mass is 10.0. The molecule has 5 nitrogen and oxygen atoms in total. The molecule has 1 unspecified atom stereocenters. The van der Waals surface area contributed by atoms with Gasteiger partial charge in [-0.2, -0.15) is 0 Å². The van der Waals surface area contributed by atoms with Gasteiger partial charge in [-0.1, -0.05) is 40.5 Å². The Bertz CT molecular complexity index is 403. The predicted molar refractivity (Wildman–Crippen MR) is 85.7 cm³/mol. The molecule has 1 atom stereocenters. The molecule has 0 spiro atoms. The maximum atomic E-state index is 5.53. The van der Waals surface area contributed by atoms with Gasteiger partial charge in [0.05, 0.1) is 0 Å². The molecular weight excluding hydrogens is 250 g/mol. The number of nitrogens with zero attached hydrogens (tertiary/aromatic N) is 2. The smallest absolute Gasteiger partial charge is 0.148 e. The third-order valence-corrected chi connectivity index (χ3v) is 3.40. The zero-order valence-corrected chi connectivity index (χ0v) is 13.4. The van der Waals surface area contributed by atoms with E-state index in [9.17, 15) is 0 Å². The molecule has 5 heteroatoms. The first-order valence-corrected chi connectivity index (χ1v) is 7.53. The van der Waals surface area contributed by atoms with E-state index < -0.39 is 0 Å². The van der Waals surface area contributed by atoms with Gasteiger partial charge in [-0.25, -0.2) is 15.8 Å². The van der Waals surface area contributed by atoms with Crippen LogP contribution in [0, 0.1) is 5.92 Å². The lowest BCUT2D eigenvalue weighted by Gasteiger charge is -2.20. The summed E-state index contributed by atoms with van der Waals surface area (Å²) in [5.41, 5.74) is 3.70. The molecule has 0 aliphatic rings. The van der Waals surface area contributed by atoms with Gasteiger partial charge in [0.2, 0.25) is 0 Å². The highest BCUT2D eigenvalue weighted by molar-refractivity contribution is 5.58. The van der Waals surface area contributed by atoms with E-state index >= 15 is 0 Å². The lowest BCUT2D eigenvalue weighted by molar-refractivity contribution is 0.519. The van der Waals surface area contributed by atoms with Gasteiger partial charge in [-0.15, -0.1) is 0 Å². The molecule has 0 aliphatic carbocycles. The van der Waals surface area contributed by atoms with Crippen molar-refractivity contribution >= 4 is 11.6 Å². The van der Waals surface area contributed by atoms with E-state index in [4.69, 9.17) is 5.84 Å². The normalized spacial score (nSPS) is 12.8. The van der Waals surface area contributed by atoms with Crippen LogP contribution in [0.15, 0.2) is 6.33 Å². The molecular formula is C15H29N5. The van der Waals surface area contributed by atoms with Crippen molar-refractivity contribution in [2.75, 3.05) is 10.7 Å². The van der Waals surface area contributed by atoms with Crippen LogP contribution >= 0.6 is 0 Å². The van der Waals surface area contributed by atoms with Crippen molar-refractivity contribution in [2.24, 2.45) is 11.8 Å². The van der Waals surface area contributed by atoms with Crippen LogP contribution < -0.4 is 16.6 Å². The van der Waals surface area contributed by atoms with Gasteiger partial charge < -0.3 is 10.7 Å². The first-order chi connectivity index (χ1) is 9.45. The number of nitrogens with one attached hydrogen (secondary N) is 2. The summed E-state index contributed by atoms with van der Waals surface area (Å²) in [6.07, 6.45) is 5.19. The average Bonchev–Trinajstić information content (AvgIpc) is 2.37. The van der Waals surface area contributed by atoms with Crippen molar-refractivity contribution in [3.05, 3.63) is 11.9 Å². The van der Waals surface area contributed by atoms with Gasteiger partial charge >= 0.3 is 0 Å². The Kier molecular flexibility index (Phi) is 6.71. The third kappa shape index (κ3) is 4.96. The van der Waals surface area contributed by atoms with E-state index in [0.717, 1.165) is 23.7 Å². The van der Waals surface area contributed by atoms with Crippen molar-refractivity contribution < 1.29 is 0 Å². The molecule has 0 bridgehead atoms.